The van der Waals surface area contributed by atoms with E-state index in [1.165, 1.54) is 29.3 Å². The lowest BCUT2D eigenvalue weighted by atomic mass is 9.96. The van der Waals surface area contributed by atoms with Gasteiger partial charge in [-0.2, -0.15) is 4.31 Å². The minimum Gasteiger partial charge on any atom is -0.342 e. The Bertz CT molecular complexity index is 752. The van der Waals surface area contributed by atoms with Gasteiger partial charge in [-0.05, 0) is 50.7 Å². The molecule has 1 amide bonds. The minimum absolute atomic E-state index is 0.0444. The van der Waals surface area contributed by atoms with Crippen molar-refractivity contribution in [2.75, 3.05) is 26.2 Å². The van der Waals surface area contributed by atoms with Gasteiger partial charge >= 0.3 is 0 Å². The Morgan fingerprint density at radius 1 is 1.15 bits per heavy atom. The van der Waals surface area contributed by atoms with Gasteiger partial charge in [-0.25, -0.2) is 8.42 Å². The van der Waals surface area contributed by atoms with E-state index in [9.17, 15) is 13.2 Å². The van der Waals surface area contributed by atoms with Crippen LogP contribution in [0.1, 0.15) is 32.6 Å². The second-order valence-electron chi connectivity index (χ2n) is 7.05. The van der Waals surface area contributed by atoms with Crippen molar-refractivity contribution < 1.29 is 13.2 Å². The highest BCUT2D eigenvalue weighted by atomic mass is 35.5. The van der Waals surface area contributed by atoms with E-state index in [4.69, 9.17) is 23.2 Å². The first-order chi connectivity index (χ1) is 12.3. The van der Waals surface area contributed by atoms with E-state index in [1.54, 1.807) is 6.07 Å². The molecule has 1 saturated carbocycles. The van der Waals surface area contributed by atoms with Gasteiger partial charge in [0.1, 0.15) is 4.90 Å². The number of hydrogen-bond acceptors (Lipinski definition) is 3. The van der Waals surface area contributed by atoms with Gasteiger partial charge in [0, 0.05) is 32.1 Å². The van der Waals surface area contributed by atoms with Crippen LogP contribution in [0, 0.1) is 11.8 Å². The van der Waals surface area contributed by atoms with Gasteiger partial charge in [0.15, 0.2) is 0 Å². The lowest BCUT2D eigenvalue weighted by molar-refractivity contribution is -0.136. The molecule has 2 fully saturated rings. The second kappa shape index (κ2) is 8.05. The number of piperidine rings is 1. The molecular formula is C18H24Cl2N2O3S. The number of sulfonamides is 1. The Labute approximate surface area is 165 Å². The van der Waals surface area contributed by atoms with Crippen molar-refractivity contribution in [3.63, 3.8) is 0 Å². The summed E-state index contributed by atoms with van der Waals surface area (Å²) in [6.07, 6.45) is 3.47. The van der Waals surface area contributed by atoms with Crippen LogP contribution in [-0.2, 0) is 14.8 Å². The van der Waals surface area contributed by atoms with Gasteiger partial charge < -0.3 is 4.90 Å². The number of carbonyl (C=O) groups excluding carboxylic acids is 1. The molecular weight excluding hydrogens is 395 g/mol. The summed E-state index contributed by atoms with van der Waals surface area (Å²) in [4.78, 5) is 14.6. The van der Waals surface area contributed by atoms with Crippen LogP contribution in [0.15, 0.2) is 23.1 Å². The van der Waals surface area contributed by atoms with Crippen LogP contribution in [-0.4, -0.2) is 49.7 Å². The van der Waals surface area contributed by atoms with Crippen molar-refractivity contribution in [1.29, 1.82) is 0 Å². The third kappa shape index (κ3) is 4.19. The molecule has 0 atom stereocenters. The van der Waals surface area contributed by atoms with E-state index in [1.807, 2.05) is 11.8 Å². The fraction of sp³-hybridized carbons (Fsp3) is 0.611. The number of rotatable bonds is 6. The minimum atomic E-state index is -3.76. The summed E-state index contributed by atoms with van der Waals surface area (Å²) in [7, 11) is -3.76. The van der Waals surface area contributed by atoms with Gasteiger partial charge in [-0.1, -0.05) is 29.3 Å². The molecule has 0 bridgehead atoms. The molecule has 1 aromatic carbocycles. The van der Waals surface area contributed by atoms with Crippen LogP contribution >= 0.6 is 23.2 Å². The Hall–Kier alpha value is -0.820. The van der Waals surface area contributed by atoms with Crippen molar-refractivity contribution in [2.45, 2.75) is 37.5 Å². The standard InChI is InChI=1S/C18H24Cl2N2O3S/c1-2-21(12-13-6-7-13)18(23)14-8-10-22(11-9-14)26(24,25)17-15(19)4-3-5-16(17)20/h3-5,13-14H,2,6-12H2,1H3. The number of halogens is 2. The SMILES string of the molecule is CCN(CC1CC1)C(=O)C1CCN(S(=O)(=O)c2c(Cl)cccc2Cl)CC1. The first kappa shape index (κ1) is 19.9. The van der Waals surface area contributed by atoms with Crippen LogP contribution in [0.4, 0.5) is 0 Å². The molecule has 1 saturated heterocycles. The molecule has 144 valence electrons. The molecule has 0 unspecified atom stereocenters. The summed E-state index contributed by atoms with van der Waals surface area (Å²) in [6, 6.07) is 4.66. The van der Waals surface area contributed by atoms with E-state index >= 15 is 0 Å². The molecule has 1 aromatic rings. The average Bonchev–Trinajstić information content (AvgIpc) is 3.43. The van der Waals surface area contributed by atoms with Crippen LogP contribution in [0.25, 0.3) is 0 Å². The van der Waals surface area contributed by atoms with Gasteiger partial charge in [-0.15, -0.1) is 0 Å². The van der Waals surface area contributed by atoms with Crippen LogP contribution in [0.5, 0.6) is 0 Å². The summed E-state index contributed by atoms with van der Waals surface area (Å²) >= 11 is 12.2. The summed E-state index contributed by atoms with van der Waals surface area (Å²) in [5, 5.41) is 0.245. The van der Waals surface area contributed by atoms with Crippen molar-refractivity contribution in [2.24, 2.45) is 11.8 Å². The van der Waals surface area contributed by atoms with E-state index in [2.05, 4.69) is 0 Å². The zero-order valence-corrected chi connectivity index (χ0v) is 17.2. The normalized spacial score (nSPS) is 19.5. The number of amides is 1. The first-order valence-electron chi connectivity index (χ1n) is 9.07. The predicted molar refractivity (Wildman–Crippen MR) is 103 cm³/mol. The molecule has 0 N–H and O–H groups in total. The highest BCUT2D eigenvalue weighted by Gasteiger charge is 2.36. The highest BCUT2D eigenvalue weighted by Crippen LogP contribution is 2.34. The Morgan fingerprint density at radius 3 is 2.23 bits per heavy atom. The fourth-order valence-electron chi connectivity index (χ4n) is 3.45. The molecule has 2 aliphatic rings. The quantitative estimate of drug-likeness (QED) is 0.707. The molecule has 1 aliphatic carbocycles. The molecule has 1 heterocycles. The summed E-state index contributed by atoms with van der Waals surface area (Å²) in [5.74, 6) is 0.704. The molecule has 8 heteroatoms. The lowest BCUT2D eigenvalue weighted by Gasteiger charge is -2.33. The molecule has 0 radical (unpaired) electrons. The summed E-state index contributed by atoms with van der Waals surface area (Å²) < 4.78 is 27.2. The van der Waals surface area contributed by atoms with Crippen molar-refractivity contribution in [3.05, 3.63) is 28.2 Å². The number of carbonyl (C=O) groups is 1. The zero-order valence-electron chi connectivity index (χ0n) is 14.8. The monoisotopic (exact) mass is 418 g/mol. The van der Waals surface area contributed by atoms with Crippen molar-refractivity contribution in [3.8, 4) is 0 Å². The van der Waals surface area contributed by atoms with Crippen molar-refractivity contribution >= 4 is 39.1 Å². The Morgan fingerprint density at radius 2 is 1.73 bits per heavy atom. The maximum absolute atomic E-state index is 12.9. The number of nitrogens with zero attached hydrogens (tertiary/aromatic N) is 2. The first-order valence-corrected chi connectivity index (χ1v) is 11.3. The van der Waals surface area contributed by atoms with E-state index in [-0.39, 0.29) is 26.8 Å². The lowest BCUT2D eigenvalue weighted by Crippen LogP contribution is -2.45. The molecule has 1 aliphatic heterocycles. The predicted octanol–water partition coefficient (Wildman–Crippen LogP) is 3.65. The zero-order chi connectivity index (χ0) is 18.9. The van der Waals surface area contributed by atoms with E-state index in [0.29, 0.717) is 38.4 Å². The Balaban J connectivity index is 1.66. The third-order valence-electron chi connectivity index (χ3n) is 5.19. The second-order valence-corrected chi connectivity index (χ2v) is 9.74. The number of hydrogen-bond donors (Lipinski definition) is 0. The van der Waals surface area contributed by atoms with Crippen molar-refractivity contribution in [1.82, 2.24) is 9.21 Å². The largest absolute Gasteiger partial charge is 0.342 e. The van der Waals surface area contributed by atoms with Gasteiger partial charge in [0.2, 0.25) is 15.9 Å². The van der Waals surface area contributed by atoms with Crippen LogP contribution < -0.4 is 0 Å². The molecule has 5 nitrogen and oxygen atoms in total. The number of benzene rings is 1. The van der Waals surface area contributed by atoms with Gasteiger partial charge in [0.05, 0.1) is 10.0 Å². The van der Waals surface area contributed by atoms with Crippen LogP contribution in [0.2, 0.25) is 10.0 Å². The average molecular weight is 419 g/mol. The topological polar surface area (TPSA) is 57.7 Å². The molecule has 26 heavy (non-hydrogen) atoms. The maximum Gasteiger partial charge on any atom is 0.246 e. The molecule has 3 rings (SSSR count). The molecule has 0 spiro atoms. The van der Waals surface area contributed by atoms with Crippen LogP contribution in [0.3, 0.4) is 0 Å². The fourth-order valence-corrected chi connectivity index (χ4v) is 6.01. The summed E-state index contributed by atoms with van der Waals surface area (Å²) in [6.45, 7) is 4.16. The Kier molecular flexibility index (Phi) is 6.17. The highest BCUT2D eigenvalue weighted by molar-refractivity contribution is 7.89. The van der Waals surface area contributed by atoms with Gasteiger partial charge in [0.25, 0.3) is 0 Å². The molecule has 0 aromatic heterocycles. The smallest absolute Gasteiger partial charge is 0.246 e. The van der Waals surface area contributed by atoms with E-state index < -0.39 is 10.0 Å². The van der Waals surface area contributed by atoms with Gasteiger partial charge in [-0.3, -0.25) is 4.79 Å². The third-order valence-corrected chi connectivity index (χ3v) is 8.04. The van der Waals surface area contributed by atoms with E-state index in [0.717, 1.165) is 6.54 Å². The summed E-state index contributed by atoms with van der Waals surface area (Å²) in [5.41, 5.74) is 0. The maximum atomic E-state index is 12.9.